The Balaban J connectivity index is 1.40. The van der Waals surface area contributed by atoms with E-state index in [9.17, 15) is 19.5 Å². The summed E-state index contributed by atoms with van der Waals surface area (Å²) in [4.78, 5) is 41.9. The van der Waals surface area contributed by atoms with Crippen LogP contribution >= 0.6 is 0 Å². The minimum absolute atomic E-state index is 0.00740. The van der Waals surface area contributed by atoms with Crippen molar-refractivity contribution < 1.29 is 24.2 Å². The van der Waals surface area contributed by atoms with Gasteiger partial charge in [0.25, 0.3) is 0 Å². The molecule has 35 heavy (non-hydrogen) atoms. The van der Waals surface area contributed by atoms with Crippen molar-refractivity contribution in [2.24, 2.45) is 11.8 Å². The molecule has 5 atom stereocenters. The molecular weight excluding hydrogens is 452 g/mol. The van der Waals surface area contributed by atoms with E-state index in [2.05, 4.69) is 20.9 Å². The number of ether oxygens (including phenoxy) is 1. The van der Waals surface area contributed by atoms with Gasteiger partial charge in [-0.1, -0.05) is 24.3 Å². The SMILES string of the molecule is CCCNC(=O)[C@@H]1[C@H]2C(=O)N(CCCCO)C(C(=O)NCn3nnc4ccccc43)C23CC[C@H]1O3. The number of nitrogens with one attached hydrogen (secondary N) is 2. The number of nitrogens with zero attached hydrogens (tertiary/aromatic N) is 4. The van der Waals surface area contributed by atoms with Gasteiger partial charge in [-0.2, -0.15) is 0 Å². The lowest BCUT2D eigenvalue weighted by molar-refractivity contribution is -0.142. The first-order valence-corrected chi connectivity index (χ1v) is 12.4. The second-order valence-electron chi connectivity index (χ2n) is 9.59. The number of carbonyl (C=O) groups is 3. The van der Waals surface area contributed by atoms with Gasteiger partial charge in [0.1, 0.15) is 23.8 Å². The van der Waals surface area contributed by atoms with Crippen LogP contribution < -0.4 is 10.6 Å². The third kappa shape index (κ3) is 3.86. The van der Waals surface area contributed by atoms with Crippen LogP contribution in [-0.4, -0.2) is 80.2 Å². The molecule has 3 aliphatic rings. The second kappa shape index (κ2) is 9.54. The topological polar surface area (TPSA) is 139 Å². The Morgan fingerprint density at radius 2 is 2.06 bits per heavy atom. The summed E-state index contributed by atoms with van der Waals surface area (Å²) in [6, 6.07) is 6.62. The zero-order valence-electron chi connectivity index (χ0n) is 19.9. The first-order valence-electron chi connectivity index (χ1n) is 12.4. The molecule has 0 aliphatic carbocycles. The van der Waals surface area contributed by atoms with Crippen LogP contribution in [0.2, 0.25) is 0 Å². The van der Waals surface area contributed by atoms with E-state index in [-0.39, 0.29) is 37.1 Å². The van der Waals surface area contributed by atoms with Gasteiger partial charge >= 0.3 is 0 Å². The molecule has 11 nitrogen and oxygen atoms in total. The summed E-state index contributed by atoms with van der Waals surface area (Å²) < 4.78 is 7.98. The Bertz CT molecular complexity index is 1120. The molecule has 2 unspecified atom stereocenters. The Labute approximate surface area is 203 Å². The number of benzene rings is 1. The minimum atomic E-state index is -1.02. The number of likely N-dealkylation sites (tertiary alicyclic amines) is 1. The zero-order valence-corrected chi connectivity index (χ0v) is 19.9. The van der Waals surface area contributed by atoms with E-state index in [1.54, 1.807) is 9.58 Å². The van der Waals surface area contributed by atoms with E-state index >= 15 is 0 Å². The highest BCUT2D eigenvalue weighted by Crippen LogP contribution is 2.58. The monoisotopic (exact) mass is 484 g/mol. The Morgan fingerprint density at radius 1 is 1.23 bits per heavy atom. The third-order valence-electron chi connectivity index (χ3n) is 7.53. The summed E-state index contributed by atoms with van der Waals surface area (Å²) in [5.41, 5.74) is 0.488. The Morgan fingerprint density at radius 3 is 2.86 bits per heavy atom. The normalized spacial score (nSPS) is 29.1. The maximum Gasteiger partial charge on any atom is 0.247 e. The number of amides is 3. The Kier molecular flexibility index (Phi) is 6.45. The van der Waals surface area contributed by atoms with Gasteiger partial charge in [-0.05, 0) is 44.2 Å². The van der Waals surface area contributed by atoms with Crippen molar-refractivity contribution in [2.75, 3.05) is 19.7 Å². The molecule has 3 amide bonds. The predicted molar refractivity (Wildman–Crippen MR) is 125 cm³/mol. The van der Waals surface area contributed by atoms with Gasteiger partial charge in [-0.3, -0.25) is 14.4 Å². The summed E-state index contributed by atoms with van der Waals surface area (Å²) in [5, 5.41) is 23.3. The maximum atomic E-state index is 13.7. The molecule has 1 aromatic heterocycles. The number of hydrogen-bond donors (Lipinski definition) is 3. The van der Waals surface area contributed by atoms with Crippen LogP contribution in [0.15, 0.2) is 24.3 Å². The molecule has 3 fully saturated rings. The van der Waals surface area contributed by atoms with Crippen molar-refractivity contribution in [3.63, 3.8) is 0 Å². The molecule has 188 valence electrons. The molecule has 3 saturated heterocycles. The molecule has 3 N–H and O–H groups in total. The largest absolute Gasteiger partial charge is 0.396 e. The summed E-state index contributed by atoms with van der Waals surface area (Å²) in [6.07, 6.45) is 2.68. The molecule has 2 aromatic rings. The molecule has 11 heteroatoms. The van der Waals surface area contributed by atoms with Crippen molar-refractivity contribution in [2.45, 2.75) is 63.4 Å². The van der Waals surface area contributed by atoms with Gasteiger partial charge in [-0.25, -0.2) is 4.68 Å². The lowest BCUT2D eigenvalue weighted by atomic mass is 9.70. The van der Waals surface area contributed by atoms with Gasteiger partial charge in [0.15, 0.2) is 0 Å². The highest BCUT2D eigenvalue weighted by molar-refractivity contribution is 5.98. The summed E-state index contributed by atoms with van der Waals surface area (Å²) in [5.74, 6) is -2.01. The van der Waals surface area contributed by atoms with Crippen molar-refractivity contribution in [3.8, 4) is 0 Å². The van der Waals surface area contributed by atoms with E-state index in [0.717, 1.165) is 17.5 Å². The third-order valence-corrected chi connectivity index (χ3v) is 7.53. The first-order chi connectivity index (χ1) is 17.0. The number of rotatable bonds is 10. The fraction of sp³-hybridized carbons (Fsp3) is 0.625. The standard InChI is InChI=1S/C24H32N6O5/c1-2-11-25-21(32)18-17-9-10-24(35-17)19(18)23(34)29(12-5-6-13-31)20(24)22(33)26-14-30-16-8-4-3-7-15(16)27-28-30/h3-4,7-8,17-20,31H,2,5-6,9-14H2,1H3,(H,25,32)(H,26,33)/t17-,18+,19+,20?,24?/m1/s1. The number of unbranched alkanes of at least 4 members (excludes halogenated alkanes) is 1. The van der Waals surface area contributed by atoms with Crippen molar-refractivity contribution in [3.05, 3.63) is 24.3 Å². The maximum absolute atomic E-state index is 13.7. The fourth-order valence-electron chi connectivity index (χ4n) is 6.04. The number of fused-ring (bicyclic) bond motifs is 2. The molecular formula is C24H32N6O5. The molecule has 2 bridgehead atoms. The predicted octanol–water partition coefficient (Wildman–Crippen LogP) is 0.178. The van der Waals surface area contributed by atoms with Gasteiger partial charge in [0.2, 0.25) is 17.7 Å². The van der Waals surface area contributed by atoms with Crippen LogP contribution in [-0.2, 0) is 25.8 Å². The molecule has 5 rings (SSSR count). The van der Waals surface area contributed by atoms with Gasteiger partial charge in [-0.15, -0.1) is 5.10 Å². The number of aromatic nitrogens is 3. The lowest BCUT2D eigenvalue weighted by Gasteiger charge is -2.33. The van der Waals surface area contributed by atoms with E-state index in [1.807, 2.05) is 31.2 Å². The number of carbonyl (C=O) groups excluding carboxylic acids is 3. The summed E-state index contributed by atoms with van der Waals surface area (Å²) in [7, 11) is 0. The lowest BCUT2D eigenvalue weighted by Crippen LogP contribution is -2.55. The van der Waals surface area contributed by atoms with Crippen LogP contribution in [0.5, 0.6) is 0 Å². The molecule has 0 saturated carbocycles. The highest BCUT2D eigenvalue weighted by Gasteiger charge is 2.74. The summed E-state index contributed by atoms with van der Waals surface area (Å²) in [6.45, 7) is 2.93. The fourth-order valence-corrected chi connectivity index (χ4v) is 6.04. The average molecular weight is 485 g/mol. The number of aliphatic hydroxyl groups is 1. The Hall–Kier alpha value is -3.05. The van der Waals surface area contributed by atoms with E-state index in [1.165, 1.54) is 0 Å². The van der Waals surface area contributed by atoms with E-state index < -0.39 is 23.5 Å². The van der Waals surface area contributed by atoms with E-state index in [0.29, 0.717) is 38.8 Å². The van der Waals surface area contributed by atoms with Crippen molar-refractivity contribution >= 4 is 28.8 Å². The molecule has 1 aromatic carbocycles. The van der Waals surface area contributed by atoms with Crippen LogP contribution in [0, 0.1) is 11.8 Å². The average Bonchev–Trinajstić information content (AvgIpc) is 3.61. The van der Waals surface area contributed by atoms with Gasteiger partial charge in [0.05, 0.1) is 23.5 Å². The van der Waals surface area contributed by atoms with Crippen LogP contribution in [0.4, 0.5) is 0 Å². The van der Waals surface area contributed by atoms with Crippen LogP contribution in [0.25, 0.3) is 11.0 Å². The number of aliphatic hydroxyl groups excluding tert-OH is 1. The molecule has 3 aliphatic heterocycles. The number of para-hydroxylation sites is 1. The van der Waals surface area contributed by atoms with Gasteiger partial charge < -0.3 is 25.4 Å². The quantitative estimate of drug-likeness (QED) is 0.409. The molecule has 4 heterocycles. The minimum Gasteiger partial charge on any atom is -0.396 e. The summed E-state index contributed by atoms with van der Waals surface area (Å²) >= 11 is 0. The highest BCUT2D eigenvalue weighted by atomic mass is 16.5. The number of hydrogen-bond acceptors (Lipinski definition) is 7. The first kappa shape index (κ1) is 23.7. The smallest absolute Gasteiger partial charge is 0.247 e. The van der Waals surface area contributed by atoms with E-state index in [4.69, 9.17) is 4.74 Å². The van der Waals surface area contributed by atoms with Crippen LogP contribution in [0.1, 0.15) is 39.0 Å². The van der Waals surface area contributed by atoms with Crippen LogP contribution in [0.3, 0.4) is 0 Å². The second-order valence-corrected chi connectivity index (χ2v) is 9.59. The molecule has 0 radical (unpaired) electrons. The van der Waals surface area contributed by atoms with Gasteiger partial charge in [0, 0.05) is 19.7 Å². The zero-order chi connectivity index (χ0) is 24.6. The van der Waals surface area contributed by atoms with Crippen molar-refractivity contribution in [1.82, 2.24) is 30.5 Å². The van der Waals surface area contributed by atoms with Crippen molar-refractivity contribution in [1.29, 1.82) is 0 Å². The molecule has 1 spiro atoms.